The first-order chi connectivity index (χ1) is 12.3. The van der Waals surface area contributed by atoms with E-state index >= 15 is 0 Å². The molecule has 0 aromatic carbocycles. The van der Waals surface area contributed by atoms with Crippen molar-refractivity contribution in [3.8, 4) is 0 Å². The third-order valence-electron chi connectivity index (χ3n) is 5.46. The molecule has 134 valence electrons. The van der Waals surface area contributed by atoms with Gasteiger partial charge in [-0.05, 0) is 61.5 Å². The van der Waals surface area contributed by atoms with E-state index in [1.54, 1.807) is 12.5 Å². The molecule has 2 fully saturated rings. The first kappa shape index (κ1) is 16.8. The van der Waals surface area contributed by atoms with Crippen LogP contribution >= 0.6 is 0 Å². The van der Waals surface area contributed by atoms with E-state index in [9.17, 15) is 0 Å². The fourth-order valence-electron chi connectivity index (χ4n) is 3.95. The summed E-state index contributed by atoms with van der Waals surface area (Å²) in [4.78, 5) is 6.60. The molecule has 0 amide bonds. The van der Waals surface area contributed by atoms with Crippen LogP contribution in [0.15, 0.2) is 47.3 Å². The number of hydrogen-bond acceptors (Lipinski definition) is 5. The second kappa shape index (κ2) is 7.68. The molecule has 1 unspecified atom stereocenters. The number of nitrogens with zero attached hydrogens (tertiary/aromatic N) is 2. The summed E-state index contributed by atoms with van der Waals surface area (Å²) in [5.74, 6) is 1.06. The van der Waals surface area contributed by atoms with Crippen molar-refractivity contribution in [3.05, 3.63) is 54.2 Å². The fourth-order valence-corrected chi connectivity index (χ4v) is 3.95. The van der Waals surface area contributed by atoms with Gasteiger partial charge in [0.25, 0.3) is 0 Å². The number of piperidine rings is 1. The van der Waals surface area contributed by atoms with Crippen molar-refractivity contribution >= 4 is 0 Å². The van der Waals surface area contributed by atoms with Gasteiger partial charge in [0, 0.05) is 12.4 Å². The highest BCUT2D eigenvalue weighted by Crippen LogP contribution is 2.42. The highest BCUT2D eigenvalue weighted by molar-refractivity contribution is 5.06. The first-order valence-corrected chi connectivity index (χ1v) is 9.14. The zero-order valence-corrected chi connectivity index (χ0v) is 14.6. The Kier molecular flexibility index (Phi) is 5.15. The van der Waals surface area contributed by atoms with Crippen LogP contribution in [0, 0.1) is 5.41 Å². The van der Waals surface area contributed by atoms with E-state index in [0.29, 0.717) is 18.6 Å². The van der Waals surface area contributed by atoms with Gasteiger partial charge in [0.05, 0.1) is 38.7 Å². The monoisotopic (exact) mass is 342 g/mol. The maximum absolute atomic E-state index is 6.05. The lowest BCUT2D eigenvalue weighted by atomic mass is 9.76. The molecule has 0 aliphatic carbocycles. The van der Waals surface area contributed by atoms with Crippen LogP contribution in [0.25, 0.3) is 0 Å². The van der Waals surface area contributed by atoms with Gasteiger partial charge in [0.15, 0.2) is 0 Å². The van der Waals surface area contributed by atoms with E-state index in [4.69, 9.17) is 13.9 Å². The molecule has 0 saturated carbocycles. The van der Waals surface area contributed by atoms with Crippen LogP contribution in [0.2, 0.25) is 0 Å². The average Bonchev–Trinajstić information content (AvgIpc) is 3.29. The van der Waals surface area contributed by atoms with E-state index in [-0.39, 0.29) is 6.10 Å². The van der Waals surface area contributed by atoms with Crippen LogP contribution in [0.1, 0.15) is 30.6 Å². The Morgan fingerprint density at radius 1 is 1.24 bits per heavy atom. The van der Waals surface area contributed by atoms with Crippen LogP contribution in [0.5, 0.6) is 0 Å². The Bertz CT molecular complexity index is 636. The van der Waals surface area contributed by atoms with Crippen molar-refractivity contribution in [2.75, 3.05) is 26.3 Å². The van der Waals surface area contributed by atoms with Crippen LogP contribution in [-0.2, 0) is 22.6 Å². The van der Waals surface area contributed by atoms with E-state index in [1.165, 1.54) is 12.8 Å². The van der Waals surface area contributed by atoms with E-state index in [2.05, 4.69) is 16.0 Å². The summed E-state index contributed by atoms with van der Waals surface area (Å²) in [7, 11) is 0. The van der Waals surface area contributed by atoms with Gasteiger partial charge in [-0.2, -0.15) is 0 Å². The molecule has 0 N–H and O–H groups in total. The molecule has 2 aliphatic heterocycles. The van der Waals surface area contributed by atoms with Gasteiger partial charge < -0.3 is 13.9 Å². The Morgan fingerprint density at radius 2 is 2.16 bits per heavy atom. The Morgan fingerprint density at radius 3 is 2.92 bits per heavy atom. The van der Waals surface area contributed by atoms with Crippen LogP contribution in [-0.4, -0.2) is 42.3 Å². The second-order valence-corrected chi connectivity index (χ2v) is 7.37. The molecule has 2 aliphatic rings. The minimum Gasteiger partial charge on any atom is -0.468 e. The predicted molar refractivity (Wildman–Crippen MR) is 93.9 cm³/mol. The lowest BCUT2D eigenvalue weighted by Crippen LogP contribution is -2.40. The van der Waals surface area contributed by atoms with Crippen molar-refractivity contribution in [3.63, 3.8) is 0 Å². The summed E-state index contributed by atoms with van der Waals surface area (Å²) >= 11 is 0. The zero-order chi connectivity index (χ0) is 17.0. The maximum Gasteiger partial charge on any atom is 0.117 e. The number of likely N-dealkylation sites (tertiary alicyclic amines) is 1. The molecule has 5 nitrogen and oxygen atoms in total. The highest BCUT2D eigenvalue weighted by atomic mass is 16.5. The molecule has 1 spiro atoms. The largest absolute Gasteiger partial charge is 0.468 e. The summed E-state index contributed by atoms with van der Waals surface area (Å²) in [6.45, 7) is 5.31. The summed E-state index contributed by atoms with van der Waals surface area (Å²) in [6, 6.07) is 8.00. The highest BCUT2D eigenvalue weighted by Gasteiger charge is 2.42. The van der Waals surface area contributed by atoms with Gasteiger partial charge in [-0.25, -0.2) is 0 Å². The van der Waals surface area contributed by atoms with Crippen molar-refractivity contribution in [2.24, 2.45) is 5.41 Å². The maximum atomic E-state index is 6.05. The van der Waals surface area contributed by atoms with E-state index < -0.39 is 0 Å². The number of furan rings is 1. The van der Waals surface area contributed by atoms with Gasteiger partial charge in [0.1, 0.15) is 5.76 Å². The van der Waals surface area contributed by atoms with Crippen LogP contribution < -0.4 is 0 Å². The van der Waals surface area contributed by atoms with Crippen molar-refractivity contribution < 1.29 is 13.9 Å². The first-order valence-electron chi connectivity index (χ1n) is 9.14. The molecular formula is C20H26N2O3. The Balaban J connectivity index is 1.20. The molecule has 2 aromatic heterocycles. The molecule has 4 heterocycles. The Hall–Kier alpha value is -1.69. The number of hydrogen-bond donors (Lipinski definition) is 0. The number of ether oxygens (including phenoxy) is 2. The average molecular weight is 342 g/mol. The van der Waals surface area contributed by atoms with Crippen LogP contribution in [0.3, 0.4) is 0 Å². The molecule has 5 heteroatoms. The van der Waals surface area contributed by atoms with Crippen LogP contribution in [0.4, 0.5) is 0 Å². The van der Waals surface area contributed by atoms with Gasteiger partial charge in [-0.3, -0.25) is 9.88 Å². The van der Waals surface area contributed by atoms with Gasteiger partial charge in [-0.15, -0.1) is 0 Å². The quantitative estimate of drug-likeness (QED) is 0.806. The Labute approximate surface area is 148 Å². The van der Waals surface area contributed by atoms with Crippen molar-refractivity contribution in [2.45, 2.75) is 38.5 Å². The lowest BCUT2D eigenvalue weighted by Gasteiger charge is -2.38. The van der Waals surface area contributed by atoms with Gasteiger partial charge in [0.2, 0.25) is 0 Å². The zero-order valence-electron chi connectivity index (χ0n) is 14.6. The van der Waals surface area contributed by atoms with Gasteiger partial charge >= 0.3 is 0 Å². The molecular weight excluding hydrogens is 316 g/mol. The summed E-state index contributed by atoms with van der Waals surface area (Å²) in [5, 5.41) is 0. The lowest BCUT2D eigenvalue weighted by molar-refractivity contribution is 0.00618. The smallest absolute Gasteiger partial charge is 0.117 e. The number of pyridine rings is 1. The standard InChI is InChI=1S/C20H26N2O3/c1-3-17(12-21-7-1)14-23-15-19-11-20(16-25-19)5-8-22(9-6-20)13-18-4-2-10-24-18/h1-4,7,10,12,19H,5-6,8-9,11,13-16H2. The summed E-state index contributed by atoms with van der Waals surface area (Å²) in [5.41, 5.74) is 1.46. The minimum atomic E-state index is 0.230. The molecule has 2 saturated heterocycles. The molecule has 1 atom stereocenters. The minimum absolute atomic E-state index is 0.230. The molecule has 0 radical (unpaired) electrons. The topological polar surface area (TPSA) is 47.7 Å². The SMILES string of the molecule is c1cncc(COCC2CC3(CCN(Cc4ccco4)CC3)CO2)c1. The number of rotatable bonds is 6. The fraction of sp³-hybridized carbons (Fsp3) is 0.550. The van der Waals surface area contributed by atoms with E-state index in [0.717, 1.165) is 44.0 Å². The predicted octanol–water partition coefficient (Wildman–Crippen LogP) is 3.26. The molecule has 25 heavy (non-hydrogen) atoms. The molecule has 2 aromatic rings. The molecule has 0 bridgehead atoms. The van der Waals surface area contributed by atoms with Gasteiger partial charge in [-0.1, -0.05) is 6.07 Å². The van der Waals surface area contributed by atoms with Crippen molar-refractivity contribution in [1.29, 1.82) is 0 Å². The number of aromatic nitrogens is 1. The third kappa shape index (κ3) is 4.29. The van der Waals surface area contributed by atoms with Crippen molar-refractivity contribution in [1.82, 2.24) is 9.88 Å². The molecule has 4 rings (SSSR count). The summed E-state index contributed by atoms with van der Waals surface area (Å²) in [6.07, 6.45) is 9.14. The summed E-state index contributed by atoms with van der Waals surface area (Å²) < 4.78 is 17.4. The normalized spacial score (nSPS) is 23.3. The second-order valence-electron chi connectivity index (χ2n) is 7.37. The van der Waals surface area contributed by atoms with E-state index in [1.807, 2.05) is 24.4 Å². The third-order valence-corrected chi connectivity index (χ3v) is 5.46.